The number of likely N-dealkylation sites (N-methyl/N-ethyl adjacent to an activating group) is 1. The van der Waals surface area contributed by atoms with Crippen molar-refractivity contribution >= 4 is 22.6 Å². The van der Waals surface area contributed by atoms with Crippen LogP contribution in [-0.4, -0.2) is 7.05 Å². The van der Waals surface area contributed by atoms with Gasteiger partial charge in [-0.3, -0.25) is 0 Å². The number of hydrogen-bond donors (Lipinski definition) is 1. The lowest BCUT2D eigenvalue weighted by molar-refractivity contribution is 0.466. The molecule has 0 fully saturated rings. The number of furan rings is 1. The van der Waals surface area contributed by atoms with Crippen LogP contribution in [0.4, 0.5) is 0 Å². The summed E-state index contributed by atoms with van der Waals surface area (Å²) < 4.78 is 6.63. The molecule has 2 aromatic rings. The predicted molar refractivity (Wildman–Crippen MR) is 73.4 cm³/mol. The number of halogens is 1. The summed E-state index contributed by atoms with van der Waals surface area (Å²) in [7, 11) is 1.98. The van der Waals surface area contributed by atoms with Gasteiger partial charge in [0.2, 0.25) is 0 Å². The molecule has 84 valence electrons. The van der Waals surface area contributed by atoms with Gasteiger partial charge in [0.25, 0.3) is 0 Å². The van der Waals surface area contributed by atoms with E-state index >= 15 is 0 Å². The van der Waals surface area contributed by atoms with Gasteiger partial charge in [-0.05, 0) is 59.5 Å². The maximum atomic E-state index is 5.37. The molecule has 0 saturated carbocycles. The first-order valence-corrected chi connectivity index (χ1v) is 6.32. The molecule has 2 nitrogen and oxygen atoms in total. The minimum atomic E-state index is 0.308. The molecular weight excluding hydrogens is 313 g/mol. The molecule has 1 aromatic carbocycles. The summed E-state index contributed by atoms with van der Waals surface area (Å²) in [4.78, 5) is 0. The third-order valence-corrected chi connectivity index (χ3v) is 3.33. The Kier molecular flexibility index (Phi) is 4.01. The van der Waals surface area contributed by atoms with Crippen molar-refractivity contribution in [3.8, 4) is 0 Å². The van der Waals surface area contributed by atoms with Gasteiger partial charge in [-0.2, -0.15) is 0 Å². The highest BCUT2D eigenvalue weighted by atomic mass is 127. The van der Waals surface area contributed by atoms with E-state index in [4.69, 9.17) is 4.42 Å². The van der Waals surface area contributed by atoms with E-state index in [0.29, 0.717) is 6.04 Å². The zero-order chi connectivity index (χ0) is 11.4. The fraction of sp³-hybridized carbons (Fsp3) is 0.231. The molecule has 0 radical (unpaired) electrons. The Labute approximate surface area is 109 Å². The van der Waals surface area contributed by atoms with Crippen LogP contribution in [0.15, 0.2) is 47.1 Å². The standard InChI is InChI=1S/C13H14INO/c1-15-13(9-12-3-2-8-16-12)10-4-6-11(14)7-5-10/h2-8,13,15H,9H2,1H3. The number of nitrogens with one attached hydrogen (secondary N) is 1. The summed E-state index contributed by atoms with van der Waals surface area (Å²) in [5.74, 6) is 1.01. The van der Waals surface area contributed by atoms with Crippen molar-refractivity contribution in [3.63, 3.8) is 0 Å². The van der Waals surface area contributed by atoms with E-state index in [2.05, 4.69) is 52.2 Å². The molecule has 1 heterocycles. The zero-order valence-electron chi connectivity index (χ0n) is 9.11. The molecule has 0 spiro atoms. The van der Waals surface area contributed by atoms with E-state index in [1.54, 1.807) is 6.26 Å². The Morgan fingerprint density at radius 3 is 2.56 bits per heavy atom. The highest BCUT2D eigenvalue weighted by molar-refractivity contribution is 14.1. The van der Waals surface area contributed by atoms with Crippen molar-refractivity contribution in [2.24, 2.45) is 0 Å². The summed E-state index contributed by atoms with van der Waals surface area (Å²) in [6.07, 6.45) is 2.60. The van der Waals surface area contributed by atoms with Crippen LogP contribution in [0, 0.1) is 3.57 Å². The molecule has 0 aliphatic carbocycles. The van der Waals surface area contributed by atoms with Gasteiger partial charge in [-0.25, -0.2) is 0 Å². The maximum Gasteiger partial charge on any atom is 0.105 e. The van der Waals surface area contributed by atoms with Crippen LogP contribution in [0.5, 0.6) is 0 Å². The highest BCUT2D eigenvalue weighted by Gasteiger charge is 2.11. The molecule has 1 unspecified atom stereocenters. The normalized spacial score (nSPS) is 12.6. The van der Waals surface area contributed by atoms with E-state index in [-0.39, 0.29) is 0 Å². The molecule has 16 heavy (non-hydrogen) atoms. The Balaban J connectivity index is 2.13. The van der Waals surface area contributed by atoms with Crippen LogP contribution in [0.3, 0.4) is 0 Å². The lowest BCUT2D eigenvalue weighted by Crippen LogP contribution is -2.18. The van der Waals surface area contributed by atoms with Crippen molar-refractivity contribution in [2.75, 3.05) is 7.05 Å². The molecule has 0 saturated heterocycles. The second-order valence-corrected chi connectivity index (χ2v) is 4.92. The van der Waals surface area contributed by atoms with Crippen molar-refractivity contribution in [2.45, 2.75) is 12.5 Å². The molecule has 0 aliphatic heterocycles. The Morgan fingerprint density at radius 2 is 2.00 bits per heavy atom. The quantitative estimate of drug-likeness (QED) is 0.871. The largest absolute Gasteiger partial charge is 0.469 e. The van der Waals surface area contributed by atoms with Crippen molar-refractivity contribution in [1.82, 2.24) is 5.32 Å². The SMILES string of the molecule is CNC(Cc1ccco1)c1ccc(I)cc1. The first-order valence-electron chi connectivity index (χ1n) is 5.24. The third kappa shape index (κ3) is 2.86. The van der Waals surface area contributed by atoms with Gasteiger partial charge >= 0.3 is 0 Å². The van der Waals surface area contributed by atoms with Crippen LogP contribution < -0.4 is 5.32 Å². The Bertz CT molecular complexity index is 422. The Morgan fingerprint density at radius 1 is 1.25 bits per heavy atom. The third-order valence-electron chi connectivity index (χ3n) is 2.61. The molecule has 1 aromatic heterocycles. The Hall–Kier alpha value is -0.810. The summed E-state index contributed by atoms with van der Waals surface area (Å²) >= 11 is 2.32. The lowest BCUT2D eigenvalue weighted by atomic mass is 10.0. The van der Waals surface area contributed by atoms with Crippen LogP contribution in [0.1, 0.15) is 17.4 Å². The fourth-order valence-electron chi connectivity index (χ4n) is 1.71. The lowest BCUT2D eigenvalue weighted by Gasteiger charge is -2.15. The van der Waals surface area contributed by atoms with E-state index in [9.17, 15) is 0 Å². The van der Waals surface area contributed by atoms with Crippen LogP contribution in [0.2, 0.25) is 0 Å². The molecule has 1 N–H and O–H groups in total. The van der Waals surface area contributed by atoms with Gasteiger partial charge in [0.1, 0.15) is 5.76 Å². The summed E-state index contributed by atoms with van der Waals surface area (Å²) in [5, 5.41) is 3.31. The monoisotopic (exact) mass is 327 g/mol. The average Bonchev–Trinajstić information content (AvgIpc) is 2.80. The van der Waals surface area contributed by atoms with Crippen molar-refractivity contribution in [3.05, 3.63) is 57.6 Å². The van der Waals surface area contributed by atoms with Crippen LogP contribution >= 0.6 is 22.6 Å². The van der Waals surface area contributed by atoms with Gasteiger partial charge in [0.05, 0.1) is 6.26 Å². The van der Waals surface area contributed by atoms with Gasteiger partial charge in [-0.1, -0.05) is 12.1 Å². The molecule has 3 heteroatoms. The van der Waals surface area contributed by atoms with Gasteiger partial charge in [0, 0.05) is 16.0 Å². The molecule has 0 aliphatic rings. The van der Waals surface area contributed by atoms with E-state index in [0.717, 1.165) is 12.2 Å². The minimum absolute atomic E-state index is 0.308. The molecular formula is C13H14INO. The molecule has 0 amide bonds. The van der Waals surface area contributed by atoms with Gasteiger partial charge < -0.3 is 9.73 Å². The van der Waals surface area contributed by atoms with Crippen molar-refractivity contribution in [1.29, 1.82) is 0 Å². The molecule has 0 bridgehead atoms. The molecule has 1 atom stereocenters. The smallest absolute Gasteiger partial charge is 0.105 e. The average molecular weight is 327 g/mol. The van der Waals surface area contributed by atoms with E-state index < -0.39 is 0 Å². The summed E-state index contributed by atoms with van der Waals surface area (Å²) in [6.45, 7) is 0. The summed E-state index contributed by atoms with van der Waals surface area (Å²) in [6, 6.07) is 12.8. The predicted octanol–water partition coefficient (Wildman–Crippen LogP) is 3.39. The first kappa shape index (κ1) is 11.7. The van der Waals surface area contributed by atoms with Gasteiger partial charge in [-0.15, -0.1) is 0 Å². The maximum absolute atomic E-state index is 5.37. The number of benzene rings is 1. The zero-order valence-corrected chi connectivity index (χ0v) is 11.3. The topological polar surface area (TPSA) is 25.2 Å². The fourth-order valence-corrected chi connectivity index (χ4v) is 2.07. The number of rotatable bonds is 4. The minimum Gasteiger partial charge on any atom is -0.469 e. The van der Waals surface area contributed by atoms with Gasteiger partial charge in [0.15, 0.2) is 0 Å². The highest BCUT2D eigenvalue weighted by Crippen LogP contribution is 2.19. The summed E-state index contributed by atoms with van der Waals surface area (Å²) in [5.41, 5.74) is 1.29. The van der Waals surface area contributed by atoms with E-state index in [1.807, 2.05) is 19.2 Å². The van der Waals surface area contributed by atoms with E-state index in [1.165, 1.54) is 9.13 Å². The van der Waals surface area contributed by atoms with Crippen LogP contribution in [0.25, 0.3) is 0 Å². The first-order chi connectivity index (χ1) is 7.79. The second-order valence-electron chi connectivity index (χ2n) is 3.68. The van der Waals surface area contributed by atoms with Crippen LogP contribution in [-0.2, 0) is 6.42 Å². The number of hydrogen-bond acceptors (Lipinski definition) is 2. The van der Waals surface area contributed by atoms with Crippen molar-refractivity contribution < 1.29 is 4.42 Å². The second kappa shape index (κ2) is 5.50. The molecule has 2 rings (SSSR count).